The molecule has 4 rings (SSSR count). The summed E-state index contributed by atoms with van der Waals surface area (Å²) in [7, 11) is -4.27. The minimum absolute atomic E-state index is 0.126. The molecule has 170 valence electrons. The maximum Gasteiger partial charge on any atom is 0.352 e. The van der Waals surface area contributed by atoms with Gasteiger partial charge in [0.1, 0.15) is 0 Å². The fourth-order valence-corrected chi connectivity index (χ4v) is 4.98. The van der Waals surface area contributed by atoms with Crippen LogP contribution in [0.5, 0.6) is 0 Å². The Morgan fingerprint density at radius 3 is 2.31 bits per heavy atom. The molecule has 0 saturated carbocycles. The zero-order valence-electron chi connectivity index (χ0n) is 16.9. The Morgan fingerprint density at radius 2 is 1.69 bits per heavy atom. The molecule has 0 spiro atoms. The second kappa shape index (κ2) is 8.76. The Bertz CT molecular complexity index is 1120. The number of carbonyl (C=O) groups excluding carboxylic acids is 1. The molecule has 1 atom stereocenters. The number of alkyl halides is 2. The van der Waals surface area contributed by atoms with Crippen LogP contribution in [-0.2, 0) is 10.2 Å². The highest BCUT2D eigenvalue weighted by Crippen LogP contribution is 2.30. The average molecular weight is 483 g/mol. The monoisotopic (exact) mass is 482 g/mol. The maximum absolute atomic E-state index is 13.4. The quantitative estimate of drug-likeness (QED) is 0.719. The first-order valence-electron chi connectivity index (χ1n) is 10.0. The number of piperidine rings is 1. The summed E-state index contributed by atoms with van der Waals surface area (Å²) in [5.41, 5.74) is 2.26. The van der Waals surface area contributed by atoms with Gasteiger partial charge in [-0.1, -0.05) is 54.1 Å². The summed E-state index contributed by atoms with van der Waals surface area (Å²) < 4.78 is 54.7. The first kappa shape index (κ1) is 22.6. The van der Waals surface area contributed by atoms with E-state index in [2.05, 4.69) is 5.10 Å². The first-order chi connectivity index (χ1) is 15.1. The number of nitrogens with zero attached hydrogens (tertiary/aromatic N) is 3. The third kappa shape index (κ3) is 4.92. The smallest absolute Gasteiger partial charge is 0.245 e. The Labute approximate surface area is 189 Å². The van der Waals surface area contributed by atoms with E-state index in [9.17, 15) is 22.0 Å². The molecule has 2 aromatic carbocycles. The topological polar surface area (TPSA) is 82.1 Å². The molecule has 2 aliphatic rings. The number of carbonyl (C=O) groups is 1. The molecular formula is C21H21ClF2N4O3S. The summed E-state index contributed by atoms with van der Waals surface area (Å²) in [5.74, 6) is -3.18. The second-order valence-corrected chi connectivity index (χ2v) is 9.81. The van der Waals surface area contributed by atoms with Gasteiger partial charge >= 0.3 is 16.2 Å². The molecule has 1 N–H and O–H groups in total. The van der Waals surface area contributed by atoms with Crippen molar-refractivity contribution in [3.05, 3.63) is 70.7 Å². The van der Waals surface area contributed by atoms with E-state index in [1.165, 1.54) is 0 Å². The number of hydrogen-bond acceptors (Lipinski definition) is 4. The van der Waals surface area contributed by atoms with Crippen LogP contribution in [0.15, 0.2) is 59.7 Å². The highest BCUT2D eigenvalue weighted by atomic mass is 35.5. The van der Waals surface area contributed by atoms with Gasteiger partial charge in [0.15, 0.2) is 0 Å². The lowest BCUT2D eigenvalue weighted by molar-refractivity contribution is -0.0412. The number of urea groups is 1. The number of nitrogens with one attached hydrogen (secondary N) is 1. The normalized spacial score (nSPS) is 21.3. The molecule has 7 nitrogen and oxygen atoms in total. The largest absolute Gasteiger partial charge is 0.352 e. The first-order valence-corrected chi connectivity index (χ1v) is 11.8. The van der Waals surface area contributed by atoms with Crippen LogP contribution in [0, 0.1) is 0 Å². The summed E-state index contributed by atoms with van der Waals surface area (Å²) in [5, 5.41) is 6.00. The van der Waals surface area contributed by atoms with Crippen molar-refractivity contribution >= 4 is 33.6 Å². The van der Waals surface area contributed by atoms with Crippen LogP contribution in [0.4, 0.5) is 13.6 Å². The number of halogens is 3. The molecule has 0 bridgehead atoms. The molecule has 0 radical (unpaired) electrons. The lowest BCUT2D eigenvalue weighted by Crippen LogP contribution is -2.51. The lowest BCUT2D eigenvalue weighted by atomic mass is 9.91. The molecule has 1 saturated heterocycles. The van der Waals surface area contributed by atoms with Crippen molar-refractivity contribution in [2.45, 2.75) is 24.7 Å². The van der Waals surface area contributed by atoms with E-state index in [1.807, 2.05) is 35.1 Å². The van der Waals surface area contributed by atoms with Gasteiger partial charge in [-0.05, 0) is 23.3 Å². The van der Waals surface area contributed by atoms with Crippen LogP contribution < -0.4 is 4.72 Å². The van der Waals surface area contributed by atoms with E-state index in [-0.39, 0.29) is 25.6 Å². The minimum atomic E-state index is -4.27. The highest BCUT2D eigenvalue weighted by Gasteiger charge is 2.40. The van der Waals surface area contributed by atoms with Crippen LogP contribution in [0.1, 0.15) is 29.9 Å². The molecular weight excluding hydrogens is 462 g/mol. The molecule has 11 heteroatoms. The van der Waals surface area contributed by atoms with Crippen molar-refractivity contribution in [1.29, 1.82) is 0 Å². The molecule has 2 aromatic rings. The van der Waals surface area contributed by atoms with Gasteiger partial charge in [-0.25, -0.2) is 23.3 Å². The van der Waals surface area contributed by atoms with Gasteiger partial charge in [-0.15, -0.1) is 0 Å². The third-order valence-electron chi connectivity index (χ3n) is 5.50. The van der Waals surface area contributed by atoms with E-state index >= 15 is 0 Å². The molecule has 32 heavy (non-hydrogen) atoms. The molecule has 2 aliphatic heterocycles. The molecule has 0 aromatic heterocycles. The van der Waals surface area contributed by atoms with Crippen LogP contribution in [0.25, 0.3) is 0 Å². The Balaban J connectivity index is 1.55. The van der Waals surface area contributed by atoms with Gasteiger partial charge in [0.25, 0.3) is 5.92 Å². The fraction of sp³-hybridized carbons (Fsp3) is 0.333. The predicted octanol–water partition coefficient (Wildman–Crippen LogP) is 3.83. The van der Waals surface area contributed by atoms with Crippen molar-refractivity contribution in [1.82, 2.24) is 14.0 Å². The number of amides is 2. The van der Waals surface area contributed by atoms with Gasteiger partial charge in [0.2, 0.25) is 0 Å². The zero-order chi connectivity index (χ0) is 22.9. The SMILES string of the molecule is O=C(NS(=O)(=O)N1CCC(F)(F)CC1)N1C[C@H](c2ccccc2)C(c2ccc(Cl)cc2)=N1. The van der Waals surface area contributed by atoms with E-state index in [0.29, 0.717) is 10.7 Å². The molecule has 0 unspecified atom stereocenters. The van der Waals surface area contributed by atoms with E-state index in [0.717, 1.165) is 20.4 Å². The fourth-order valence-electron chi connectivity index (χ4n) is 3.74. The summed E-state index contributed by atoms with van der Waals surface area (Å²) in [6.45, 7) is -0.593. The molecule has 0 aliphatic carbocycles. The number of rotatable bonds is 4. The van der Waals surface area contributed by atoms with Crippen molar-refractivity contribution in [2.24, 2.45) is 5.10 Å². The third-order valence-corrected chi connectivity index (χ3v) is 7.23. The zero-order valence-corrected chi connectivity index (χ0v) is 18.5. The maximum atomic E-state index is 13.4. The van der Waals surface area contributed by atoms with Crippen molar-refractivity contribution in [2.75, 3.05) is 19.6 Å². The summed E-state index contributed by atoms with van der Waals surface area (Å²) in [6, 6.07) is 15.5. The summed E-state index contributed by atoms with van der Waals surface area (Å²) >= 11 is 5.98. The molecule has 2 amide bonds. The van der Waals surface area contributed by atoms with Crippen LogP contribution >= 0.6 is 11.6 Å². The number of hydrogen-bond donors (Lipinski definition) is 1. The van der Waals surface area contributed by atoms with Gasteiger partial charge in [-0.2, -0.15) is 17.8 Å². The van der Waals surface area contributed by atoms with Gasteiger partial charge in [-0.3, -0.25) is 0 Å². The van der Waals surface area contributed by atoms with Gasteiger partial charge < -0.3 is 0 Å². The molecule has 2 heterocycles. The van der Waals surface area contributed by atoms with Gasteiger partial charge in [0.05, 0.1) is 12.3 Å². The predicted molar refractivity (Wildman–Crippen MR) is 117 cm³/mol. The molecule has 1 fully saturated rings. The Morgan fingerprint density at radius 1 is 1.06 bits per heavy atom. The van der Waals surface area contributed by atoms with Crippen LogP contribution in [-0.4, -0.2) is 55.0 Å². The van der Waals surface area contributed by atoms with Crippen molar-refractivity contribution < 1.29 is 22.0 Å². The lowest BCUT2D eigenvalue weighted by Gasteiger charge is -2.30. The van der Waals surface area contributed by atoms with Crippen LogP contribution in [0.2, 0.25) is 5.02 Å². The summed E-state index contributed by atoms with van der Waals surface area (Å²) in [4.78, 5) is 12.8. The number of hydrazone groups is 1. The van der Waals surface area contributed by atoms with Crippen molar-refractivity contribution in [3.63, 3.8) is 0 Å². The average Bonchev–Trinajstić information content (AvgIpc) is 3.20. The van der Waals surface area contributed by atoms with Crippen LogP contribution in [0.3, 0.4) is 0 Å². The summed E-state index contributed by atoms with van der Waals surface area (Å²) in [6.07, 6.45) is -1.17. The Hall–Kier alpha value is -2.56. The van der Waals surface area contributed by atoms with E-state index < -0.39 is 35.0 Å². The highest BCUT2D eigenvalue weighted by molar-refractivity contribution is 7.87. The minimum Gasteiger partial charge on any atom is -0.245 e. The standard InChI is InChI=1S/C21H21ClF2N4O3S/c22-17-8-6-16(7-9-17)19-18(15-4-2-1-3-5-15)14-28(25-19)20(29)26-32(30,31)27-12-10-21(23,24)11-13-27/h1-9,18H,10-14H2,(H,26,29)/t18-/m1/s1. The Kier molecular flexibility index (Phi) is 6.19. The number of benzene rings is 2. The van der Waals surface area contributed by atoms with E-state index in [1.54, 1.807) is 24.3 Å². The second-order valence-electron chi connectivity index (χ2n) is 7.70. The van der Waals surface area contributed by atoms with Gasteiger partial charge in [0, 0.05) is 36.9 Å². The van der Waals surface area contributed by atoms with Crippen molar-refractivity contribution in [3.8, 4) is 0 Å². The van der Waals surface area contributed by atoms with E-state index in [4.69, 9.17) is 11.6 Å².